The van der Waals surface area contributed by atoms with Gasteiger partial charge in [-0.15, -0.1) is 0 Å². The molecule has 1 aliphatic rings. The lowest BCUT2D eigenvalue weighted by Crippen LogP contribution is -2.24. The highest BCUT2D eigenvalue weighted by Crippen LogP contribution is 2.33. The third kappa shape index (κ3) is 1.79. The second-order valence-corrected chi connectivity index (χ2v) is 4.29. The maximum Gasteiger partial charge on any atom is 0.0441 e. The second-order valence-electron chi connectivity index (χ2n) is 3.89. The Morgan fingerprint density at radius 1 is 1.43 bits per heavy atom. The Labute approximate surface area is 90.5 Å². The van der Waals surface area contributed by atoms with Crippen molar-refractivity contribution in [2.24, 2.45) is 0 Å². The van der Waals surface area contributed by atoms with Crippen molar-refractivity contribution in [1.82, 2.24) is 5.32 Å². The molecule has 1 aromatic carbocycles. The van der Waals surface area contributed by atoms with E-state index in [0.29, 0.717) is 12.0 Å². The standard InChI is InChI=1S/C12H16ClN/c1-2-12-10(7-8-14-12)9-5-3-4-6-11(9)13/h3-6,10,12,14H,2,7-8H2,1H3. The van der Waals surface area contributed by atoms with Gasteiger partial charge in [0.2, 0.25) is 0 Å². The van der Waals surface area contributed by atoms with Gasteiger partial charge < -0.3 is 5.32 Å². The smallest absolute Gasteiger partial charge is 0.0441 e. The molecule has 14 heavy (non-hydrogen) atoms. The van der Waals surface area contributed by atoms with Crippen LogP contribution in [0.1, 0.15) is 31.2 Å². The Bertz CT molecular complexity index is 311. The summed E-state index contributed by atoms with van der Waals surface area (Å²) in [7, 11) is 0. The van der Waals surface area contributed by atoms with E-state index < -0.39 is 0 Å². The average molecular weight is 210 g/mol. The minimum atomic E-state index is 0.605. The number of halogens is 1. The van der Waals surface area contributed by atoms with Crippen molar-refractivity contribution in [3.05, 3.63) is 34.9 Å². The van der Waals surface area contributed by atoms with Gasteiger partial charge in [-0.1, -0.05) is 36.7 Å². The number of hydrogen-bond donors (Lipinski definition) is 1. The van der Waals surface area contributed by atoms with E-state index in [1.165, 1.54) is 18.4 Å². The normalized spacial score (nSPS) is 26.7. The molecule has 1 N–H and O–H groups in total. The summed E-state index contributed by atoms with van der Waals surface area (Å²) in [5.74, 6) is 0.605. The third-order valence-corrected chi connectivity index (χ3v) is 3.44. The monoisotopic (exact) mass is 209 g/mol. The Morgan fingerprint density at radius 3 is 2.93 bits per heavy atom. The molecule has 0 spiro atoms. The summed E-state index contributed by atoms with van der Waals surface area (Å²) in [6, 6.07) is 8.82. The zero-order chi connectivity index (χ0) is 9.97. The predicted molar refractivity (Wildman–Crippen MR) is 60.9 cm³/mol. The highest BCUT2D eigenvalue weighted by Gasteiger charge is 2.27. The highest BCUT2D eigenvalue weighted by atomic mass is 35.5. The molecule has 1 nitrogen and oxygen atoms in total. The molecule has 2 heteroatoms. The summed E-state index contributed by atoms with van der Waals surface area (Å²) in [5.41, 5.74) is 1.31. The van der Waals surface area contributed by atoms with Crippen LogP contribution in [0.2, 0.25) is 5.02 Å². The molecule has 1 heterocycles. The van der Waals surface area contributed by atoms with Gasteiger partial charge in [-0.2, -0.15) is 0 Å². The van der Waals surface area contributed by atoms with Gasteiger partial charge in [-0.3, -0.25) is 0 Å². The van der Waals surface area contributed by atoms with Gasteiger partial charge in [0.15, 0.2) is 0 Å². The fourth-order valence-corrected chi connectivity index (χ4v) is 2.62. The van der Waals surface area contributed by atoms with Crippen LogP contribution >= 0.6 is 11.6 Å². The van der Waals surface area contributed by atoms with Crippen molar-refractivity contribution in [2.45, 2.75) is 31.7 Å². The molecular formula is C12H16ClN. The lowest BCUT2D eigenvalue weighted by molar-refractivity contribution is 0.532. The first-order valence-electron chi connectivity index (χ1n) is 5.30. The van der Waals surface area contributed by atoms with Gasteiger partial charge >= 0.3 is 0 Å². The minimum absolute atomic E-state index is 0.605. The summed E-state index contributed by atoms with van der Waals surface area (Å²) in [5, 5.41) is 4.44. The molecule has 0 radical (unpaired) electrons. The lowest BCUT2D eigenvalue weighted by Gasteiger charge is -2.19. The average Bonchev–Trinajstić information content (AvgIpc) is 2.66. The Morgan fingerprint density at radius 2 is 2.21 bits per heavy atom. The van der Waals surface area contributed by atoms with Crippen molar-refractivity contribution < 1.29 is 0 Å². The molecule has 0 bridgehead atoms. The quantitative estimate of drug-likeness (QED) is 0.789. The largest absolute Gasteiger partial charge is 0.313 e. The van der Waals surface area contributed by atoms with Crippen LogP contribution in [0.3, 0.4) is 0 Å². The van der Waals surface area contributed by atoms with Crippen LogP contribution in [-0.2, 0) is 0 Å². The van der Waals surface area contributed by atoms with Crippen LogP contribution in [-0.4, -0.2) is 12.6 Å². The molecule has 0 amide bonds. The molecule has 2 rings (SSSR count). The molecule has 0 aromatic heterocycles. The van der Waals surface area contributed by atoms with Crippen molar-refractivity contribution in [2.75, 3.05) is 6.54 Å². The van der Waals surface area contributed by atoms with Gasteiger partial charge in [0.05, 0.1) is 0 Å². The van der Waals surface area contributed by atoms with Gasteiger partial charge in [0.1, 0.15) is 0 Å². The van der Waals surface area contributed by atoms with Crippen LogP contribution in [0, 0.1) is 0 Å². The van der Waals surface area contributed by atoms with E-state index in [1.807, 2.05) is 12.1 Å². The first-order chi connectivity index (χ1) is 6.83. The van der Waals surface area contributed by atoms with E-state index in [0.717, 1.165) is 11.6 Å². The summed E-state index contributed by atoms with van der Waals surface area (Å²) in [4.78, 5) is 0. The molecule has 1 saturated heterocycles. The van der Waals surface area contributed by atoms with Gasteiger partial charge in [0.25, 0.3) is 0 Å². The SMILES string of the molecule is CCC1NCCC1c1ccccc1Cl. The van der Waals surface area contributed by atoms with E-state index in [1.54, 1.807) is 0 Å². The fourth-order valence-electron chi connectivity index (χ4n) is 2.34. The number of benzene rings is 1. The van der Waals surface area contributed by atoms with Crippen LogP contribution in [0.4, 0.5) is 0 Å². The van der Waals surface area contributed by atoms with Crippen molar-refractivity contribution >= 4 is 11.6 Å². The molecule has 0 aliphatic carbocycles. The number of nitrogens with one attached hydrogen (secondary N) is 1. The van der Waals surface area contributed by atoms with Gasteiger partial charge in [-0.25, -0.2) is 0 Å². The van der Waals surface area contributed by atoms with Crippen LogP contribution < -0.4 is 5.32 Å². The van der Waals surface area contributed by atoms with Gasteiger partial charge in [-0.05, 0) is 31.0 Å². The molecule has 0 saturated carbocycles. The maximum atomic E-state index is 6.20. The highest BCUT2D eigenvalue weighted by molar-refractivity contribution is 6.31. The predicted octanol–water partition coefficient (Wildman–Crippen LogP) is 3.20. The van der Waals surface area contributed by atoms with Crippen molar-refractivity contribution in [3.63, 3.8) is 0 Å². The zero-order valence-electron chi connectivity index (χ0n) is 8.46. The summed E-state index contributed by atoms with van der Waals surface area (Å²) in [6.07, 6.45) is 2.39. The zero-order valence-corrected chi connectivity index (χ0v) is 9.22. The Kier molecular flexibility index (Phi) is 3.09. The van der Waals surface area contributed by atoms with Gasteiger partial charge in [0, 0.05) is 17.0 Å². The van der Waals surface area contributed by atoms with Crippen molar-refractivity contribution in [1.29, 1.82) is 0 Å². The molecule has 2 atom stereocenters. The summed E-state index contributed by atoms with van der Waals surface area (Å²) >= 11 is 6.20. The van der Waals surface area contributed by atoms with E-state index in [2.05, 4.69) is 24.4 Å². The molecule has 1 fully saturated rings. The lowest BCUT2D eigenvalue weighted by atomic mass is 9.91. The molecule has 2 unspecified atom stereocenters. The molecular weight excluding hydrogens is 194 g/mol. The molecule has 1 aromatic rings. The Hall–Kier alpha value is -0.530. The number of hydrogen-bond acceptors (Lipinski definition) is 1. The summed E-state index contributed by atoms with van der Waals surface area (Å²) in [6.45, 7) is 3.35. The first kappa shape index (κ1) is 10.0. The molecule has 76 valence electrons. The van der Waals surface area contributed by atoms with E-state index in [-0.39, 0.29) is 0 Å². The number of rotatable bonds is 2. The third-order valence-electron chi connectivity index (χ3n) is 3.09. The van der Waals surface area contributed by atoms with Crippen LogP contribution in [0.5, 0.6) is 0 Å². The van der Waals surface area contributed by atoms with E-state index in [9.17, 15) is 0 Å². The maximum absolute atomic E-state index is 6.20. The van der Waals surface area contributed by atoms with Crippen LogP contribution in [0.15, 0.2) is 24.3 Å². The fraction of sp³-hybridized carbons (Fsp3) is 0.500. The summed E-state index contributed by atoms with van der Waals surface area (Å²) < 4.78 is 0. The second kappa shape index (κ2) is 4.33. The Balaban J connectivity index is 2.26. The molecule has 1 aliphatic heterocycles. The minimum Gasteiger partial charge on any atom is -0.313 e. The van der Waals surface area contributed by atoms with Crippen LogP contribution in [0.25, 0.3) is 0 Å². The van der Waals surface area contributed by atoms with E-state index in [4.69, 9.17) is 11.6 Å². The van der Waals surface area contributed by atoms with E-state index >= 15 is 0 Å². The topological polar surface area (TPSA) is 12.0 Å². The van der Waals surface area contributed by atoms with Crippen molar-refractivity contribution in [3.8, 4) is 0 Å². The first-order valence-corrected chi connectivity index (χ1v) is 5.68.